The summed E-state index contributed by atoms with van der Waals surface area (Å²) in [6.07, 6.45) is 1.98. The van der Waals surface area contributed by atoms with E-state index in [4.69, 9.17) is 11.6 Å². The minimum atomic E-state index is -0.425. The normalized spacial score (nSPS) is 19.9. The molecule has 1 saturated carbocycles. The molecule has 0 radical (unpaired) electrons. The molecule has 1 aromatic carbocycles. The zero-order valence-corrected chi connectivity index (χ0v) is 9.54. The van der Waals surface area contributed by atoms with Crippen molar-refractivity contribution in [3.8, 4) is 0 Å². The molecule has 82 valence electrons. The number of aliphatic hydroxyl groups is 1. The van der Waals surface area contributed by atoms with Gasteiger partial charge < -0.3 is 10.4 Å². The monoisotopic (exact) mass is 225 g/mol. The Hall–Kier alpha value is -0.570. The van der Waals surface area contributed by atoms with Crippen molar-refractivity contribution in [2.75, 3.05) is 0 Å². The van der Waals surface area contributed by atoms with E-state index in [9.17, 15) is 5.11 Å². The van der Waals surface area contributed by atoms with Crippen molar-refractivity contribution in [1.29, 1.82) is 0 Å². The van der Waals surface area contributed by atoms with Gasteiger partial charge in [-0.15, -0.1) is 0 Å². The lowest BCUT2D eigenvalue weighted by Gasteiger charge is -2.22. The van der Waals surface area contributed by atoms with Crippen LogP contribution in [0, 0.1) is 0 Å². The van der Waals surface area contributed by atoms with Gasteiger partial charge in [0, 0.05) is 11.1 Å². The number of halogens is 1. The summed E-state index contributed by atoms with van der Waals surface area (Å²) in [5, 5.41) is 13.9. The second kappa shape index (κ2) is 4.52. The van der Waals surface area contributed by atoms with Gasteiger partial charge in [-0.2, -0.15) is 0 Å². The number of rotatable bonds is 4. The molecule has 15 heavy (non-hydrogen) atoms. The molecule has 3 heteroatoms. The van der Waals surface area contributed by atoms with Gasteiger partial charge in [0.1, 0.15) is 0 Å². The predicted molar refractivity (Wildman–Crippen MR) is 62.0 cm³/mol. The standard InChI is InChI=1S/C12H16ClNO/c1-8(15)12(14-9-6-7-9)10-4-2-3-5-11(10)13/h2-5,8-9,12,14-15H,6-7H2,1H3. The first-order valence-electron chi connectivity index (χ1n) is 5.37. The van der Waals surface area contributed by atoms with Crippen LogP contribution in [-0.2, 0) is 0 Å². The van der Waals surface area contributed by atoms with Crippen molar-refractivity contribution in [3.05, 3.63) is 34.9 Å². The van der Waals surface area contributed by atoms with E-state index in [1.807, 2.05) is 24.3 Å². The highest BCUT2D eigenvalue weighted by Crippen LogP contribution is 2.29. The largest absolute Gasteiger partial charge is 0.391 e. The van der Waals surface area contributed by atoms with Gasteiger partial charge in [-0.05, 0) is 31.4 Å². The number of hydrogen-bond acceptors (Lipinski definition) is 2. The summed E-state index contributed by atoms with van der Waals surface area (Å²) in [6.45, 7) is 1.80. The van der Waals surface area contributed by atoms with Crippen LogP contribution >= 0.6 is 11.6 Å². The van der Waals surface area contributed by atoms with E-state index in [0.29, 0.717) is 6.04 Å². The molecule has 0 bridgehead atoms. The van der Waals surface area contributed by atoms with Gasteiger partial charge in [0.15, 0.2) is 0 Å². The molecule has 1 fully saturated rings. The molecule has 1 aliphatic carbocycles. The third-order valence-electron chi connectivity index (χ3n) is 2.72. The molecule has 0 saturated heterocycles. The molecular weight excluding hydrogens is 210 g/mol. The highest BCUT2D eigenvalue weighted by molar-refractivity contribution is 6.31. The van der Waals surface area contributed by atoms with E-state index >= 15 is 0 Å². The van der Waals surface area contributed by atoms with Crippen molar-refractivity contribution >= 4 is 11.6 Å². The minimum absolute atomic E-state index is 0.0498. The van der Waals surface area contributed by atoms with Crippen molar-refractivity contribution in [3.63, 3.8) is 0 Å². The molecule has 2 N–H and O–H groups in total. The van der Waals surface area contributed by atoms with Crippen LogP contribution in [0.15, 0.2) is 24.3 Å². The third kappa shape index (κ3) is 2.71. The predicted octanol–water partition coefficient (Wildman–Crippen LogP) is 2.51. The maximum absolute atomic E-state index is 9.75. The Morgan fingerprint density at radius 1 is 1.40 bits per heavy atom. The van der Waals surface area contributed by atoms with E-state index in [-0.39, 0.29) is 6.04 Å². The Kier molecular flexibility index (Phi) is 3.29. The summed E-state index contributed by atoms with van der Waals surface area (Å²) in [4.78, 5) is 0. The highest BCUT2D eigenvalue weighted by atomic mass is 35.5. The smallest absolute Gasteiger partial charge is 0.0707 e. The lowest BCUT2D eigenvalue weighted by atomic mass is 10.0. The SMILES string of the molecule is CC(O)C(NC1CC1)c1ccccc1Cl. The van der Waals surface area contributed by atoms with Crippen molar-refractivity contribution in [1.82, 2.24) is 5.32 Å². The van der Waals surface area contributed by atoms with Crippen LogP contribution in [0.1, 0.15) is 31.4 Å². The van der Waals surface area contributed by atoms with Crippen LogP contribution in [0.4, 0.5) is 0 Å². The van der Waals surface area contributed by atoms with E-state index < -0.39 is 6.10 Å². The molecule has 0 aliphatic heterocycles. The van der Waals surface area contributed by atoms with Gasteiger partial charge >= 0.3 is 0 Å². The van der Waals surface area contributed by atoms with Crippen molar-refractivity contribution in [2.45, 2.75) is 38.0 Å². The number of nitrogens with one attached hydrogen (secondary N) is 1. The fourth-order valence-electron chi connectivity index (χ4n) is 1.72. The van der Waals surface area contributed by atoms with Crippen LogP contribution in [0.3, 0.4) is 0 Å². The molecular formula is C12H16ClNO. The summed E-state index contributed by atoms with van der Waals surface area (Å²) < 4.78 is 0. The first-order chi connectivity index (χ1) is 7.18. The average Bonchev–Trinajstić information content (AvgIpc) is 2.99. The van der Waals surface area contributed by atoms with E-state index in [1.165, 1.54) is 12.8 Å². The van der Waals surface area contributed by atoms with Crippen LogP contribution in [0.2, 0.25) is 5.02 Å². The average molecular weight is 226 g/mol. The Balaban J connectivity index is 2.19. The summed E-state index contributed by atoms with van der Waals surface area (Å²) in [7, 11) is 0. The number of hydrogen-bond donors (Lipinski definition) is 2. The molecule has 0 aromatic heterocycles. The molecule has 0 amide bonds. The quantitative estimate of drug-likeness (QED) is 0.826. The fourth-order valence-corrected chi connectivity index (χ4v) is 1.97. The lowest BCUT2D eigenvalue weighted by Crippen LogP contribution is -2.31. The van der Waals surface area contributed by atoms with E-state index in [2.05, 4.69) is 5.32 Å². The van der Waals surface area contributed by atoms with Crippen LogP contribution in [-0.4, -0.2) is 17.3 Å². The Morgan fingerprint density at radius 3 is 2.60 bits per heavy atom. The van der Waals surface area contributed by atoms with Crippen LogP contribution < -0.4 is 5.32 Å². The van der Waals surface area contributed by atoms with Crippen LogP contribution in [0.5, 0.6) is 0 Å². The number of benzene rings is 1. The summed E-state index contributed by atoms with van der Waals surface area (Å²) in [5.74, 6) is 0. The van der Waals surface area contributed by atoms with Gasteiger partial charge in [-0.1, -0.05) is 29.8 Å². The summed E-state index contributed by atoms with van der Waals surface area (Å²) in [5.41, 5.74) is 0.987. The molecule has 0 heterocycles. The highest BCUT2D eigenvalue weighted by Gasteiger charge is 2.28. The maximum Gasteiger partial charge on any atom is 0.0707 e. The molecule has 1 aromatic rings. The Labute approximate surface area is 95.3 Å². The molecule has 2 nitrogen and oxygen atoms in total. The topological polar surface area (TPSA) is 32.3 Å². The Bertz CT molecular complexity index is 336. The van der Waals surface area contributed by atoms with Gasteiger partial charge in [0.25, 0.3) is 0 Å². The maximum atomic E-state index is 9.75. The van der Waals surface area contributed by atoms with E-state index in [0.717, 1.165) is 10.6 Å². The zero-order valence-electron chi connectivity index (χ0n) is 8.78. The minimum Gasteiger partial charge on any atom is -0.391 e. The first-order valence-corrected chi connectivity index (χ1v) is 5.75. The molecule has 0 spiro atoms. The van der Waals surface area contributed by atoms with Gasteiger partial charge in [0.2, 0.25) is 0 Å². The Morgan fingerprint density at radius 2 is 2.07 bits per heavy atom. The second-order valence-corrected chi connectivity index (χ2v) is 4.59. The van der Waals surface area contributed by atoms with Crippen LogP contribution in [0.25, 0.3) is 0 Å². The molecule has 2 atom stereocenters. The summed E-state index contributed by atoms with van der Waals surface area (Å²) >= 11 is 6.12. The molecule has 2 unspecified atom stereocenters. The van der Waals surface area contributed by atoms with E-state index in [1.54, 1.807) is 6.92 Å². The van der Waals surface area contributed by atoms with Gasteiger partial charge in [0.05, 0.1) is 12.1 Å². The first kappa shape index (κ1) is 10.9. The van der Waals surface area contributed by atoms with Crippen molar-refractivity contribution < 1.29 is 5.11 Å². The third-order valence-corrected chi connectivity index (χ3v) is 3.06. The van der Waals surface area contributed by atoms with Gasteiger partial charge in [-0.25, -0.2) is 0 Å². The second-order valence-electron chi connectivity index (χ2n) is 4.18. The molecule has 2 rings (SSSR count). The molecule has 1 aliphatic rings. The lowest BCUT2D eigenvalue weighted by molar-refractivity contribution is 0.144. The summed E-state index contributed by atoms with van der Waals surface area (Å²) in [6, 6.07) is 8.19. The fraction of sp³-hybridized carbons (Fsp3) is 0.500. The number of aliphatic hydroxyl groups excluding tert-OH is 1. The van der Waals surface area contributed by atoms with Gasteiger partial charge in [-0.3, -0.25) is 0 Å². The zero-order chi connectivity index (χ0) is 10.8. The van der Waals surface area contributed by atoms with Crippen molar-refractivity contribution in [2.24, 2.45) is 0 Å².